The molecule has 2 rings (SSSR count). The minimum atomic E-state index is -4.23. The van der Waals surface area contributed by atoms with Gasteiger partial charge in [0, 0.05) is 24.3 Å². The van der Waals surface area contributed by atoms with Crippen LogP contribution >= 0.6 is 0 Å². The molecule has 0 saturated carbocycles. The molecule has 1 saturated heterocycles. The Kier molecular flexibility index (Phi) is 5.27. The van der Waals surface area contributed by atoms with Crippen LogP contribution in [0.1, 0.15) is 32.6 Å². The highest BCUT2D eigenvalue weighted by molar-refractivity contribution is 5.32. The first kappa shape index (κ1) is 16.3. The normalized spacial score (nSPS) is 22.5. The molecule has 5 heteroatoms. The van der Waals surface area contributed by atoms with Crippen molar-refractivity contribution >= 4 is 0 Å². The summed E-state index contributed by atoms with van der Waals surface area (Å²) >= 11 is 0. The Morgan fingerprint density at radius 3 is 2.67 bits per heavy atom. The van der Waals surface area contributed by atoms with Crippen LogP contribution in [0.5, 0.6) is 0 Å². The molecule has 0 aromatic rings. The molecule has 0 radical (unpaired) electrons. The van der Waals surface area contributed by atoms with Gasteiger partial charge in [-0.1, -0.05) is 29.9 Å². The summed E-state index contributed by atoms with van der Waals surface area (Å²) < 4.78 is 43.3. The third kappa shape index (κ3) is 5.00. The monoisotopic (exact) mass is 301 g/mol. The lowest BCUT2D eigenvalue weighted by Gasteiger charge is -2.34. The van der Waals surface area contributed by atoms with Gasteiger partial charge in [-0.05, 0) is 39.2 Å². The number of alkyl halides is 3. The van der Waals surface area contributed by atoms with Gasteiger partial charge in [0.15, 0.2) is 0 Å². The summed E-state index contributed by atoms with van der Waals surface area (Å²) in [6, 6.07) is 0. The first-order valence-corrected chi connectivity index (χ1v) is 7.35. The van der Waals surface area contributed by atoms with Crippen LogP contribution in [0.25, 0.3) is 0 Å². The van der Waals surface area contributed by atoms with E-state index in [-0.39, 0.29) is 12.0 Å². The van der Waals surface area contributed by atoms with Gasteiger partial charge in [0.25, 0.3) is 0 Å². The lowest BCUT2D eigenvalue weighted by Crippen LogP contribution is -2.47. The van der Waals surface area contributed by atoms with Crippen molar-refractivity contribution in [1.82, 2.24) is 5.32 Å². The van der Waals surface area contributed by atoms with Crippen LogP contribution < -0.4 is 5.32 Å². The van der Waals surface area contributed by atoms with Gasteiger partial charge in [-0.15, -0.1) is 0 Å². The van der Waals surface area contributed by atoms with Crippen molar-refractivity contribution in [2.24, 2.45) is 0 Å². The molecule has 0 aromatic carbocycles. The topological polar surface area (TPSA) is 21.3 Å². The van der Waals surface area contributed by atoms with E-state index in [4.69, 9.17) is 4.74 Å². The number of hydrogen-bond acceptors (Lipinski definition) is 2. The summed E-state index contributed by atoms with van der Waals surface area (Å²) in [4.78, 5) is 0. The van der Waals surface area contributed by atoms with Crippen LogP contribution in [0.15, 0.2) is 35.5 Å². The SMILES string of the molecule is CC1(NCCC2=CCC(C(F)(F)F)=CC=C2)CCOCC1. The molecule has 0 atom stereocenters. The van der Waals surface area contributed by atoms with Crippen molar-refractivity contribution in [2.75, 3.05) is 19.8 Å². The molecule has 1 aliphatic heterocycles. The van der Waals surface area contributed by atoms with Crippen molar-refractivity contribution < 1.29 is 17.9 Å². The minimum Gasteiger partial charge on any atom is -0.381 e. The Morgan fingerprint density at radius 2 is 2.00 bits per heavy atom. The highest BCUT2D eigenvalue weighted by Gasteiger charge is 2.32. The molecule has 2 aliphatic rings. The maximum absolute atomic E-state index is 12.6. The molecule has 0 amide bonds. The van der Waals surface area contributed by atoms with E-state index in [1.54, 1.807) is 12.2 Å². The van der Waals surface area contributed by atoms with Crippen LogP contribution in [0, 0.1) is 0 Å². The van der Waals surface area contributed by atoms with Gasteiger partial charge in [-0.3, -0.25) is 0 Å². The van der Waals surface area contributed by atoms with E-state index in [1.807, 2.05) is 0 Å². The standard InChI is InChI=1S/C16H22F3NO/c1-15(8-11-21-12-9-15)20-10-7-13-3-2-4-14(6-5-13)16(17,18)19/h2-5,20H,6-12H2,1H3. The molecule has 1 aliphatic carbocycles. The Hall–Kier alpha value is -1.07. The molecule has 0 spiro atoms. The molecule has 0 unspecified atom stereocenters. The van der Waals surface area contributed by atoms with Crippen LogP contribution in [0.2, 0.25) is 0 Å². The van der Waals surface area contributed by atoms with E-state index in [9.17, 15) is 13.2 Å². The quantitative estimate of drug-likeness (QED) is 0.850. The van der Waals surface area contributed by atoms with Gasteiger partial charge in [-0.25, -0.2) is 0 Å². The first-order valence-electron chi connectivity index (χ1n) is 7.35. The molecule has 21 heavy (non-hydrogen) atoms. The smallest absolute Gasteiger partial charge is 0.381 e. The van der Waals surface area contributed by atoms with E-state index in [1.165, 1.54) is 6.08 Å². The Labute approximate surface area is 123 Å². The van der Waals surface area contributed by atoms with Gasteiger partial charge in [-0.2, -0.15) is 13.2 Å². The van der Waals surface area contributed by atoms with E-state index in [0.717, 1.165) is 50.7 Å². The third-order valence-corrected chi connectivity index (χ3v) is 4.12. The van der Waals surface area contributed by atoms with Gasteiger partial charge < -0.3 is 10.1 Å². The van der Waals surface area contributed by atoms with Crippen LogP contribution in [-0.2, 0) is 4.74 Å². The molecular formula is C16H22F3NO. The fourth-order valence-electron chi connectivity index (χ4n) is 2.57. The molecule has 1 fully saturated rings. The van der Waals surface area contributed by atoms with Gasteiger partial charge in [0.05, 0.1) is 0 Å². The molecule has 1 N–H and O–H groups in total. The summed E-state index contributed by atoms with van der Waals surface area (Å²) in [5, 5.41) is 3.51. The molecule has 2 nitrogen and oxygen atoms in total. The predicted molar refractivity (Wildman–Crippen MR) is 77.1 cm³/mol. The predicted octanol–water partition coefficient (Wildman–Crippen LogP) is 3.91. The Morgan fingerprint density at radius 1 is 1.29 bits per heavy atom. The number of ether oxygens (including phenoxy) is 1. The van der Waals surface area contributed by atoms with E-state index < -0.39 is 11.7 Å². The summed E-state index contributed by atoms with van der Waals surface area (Å²) in [6.07, 6.45) is 4.52. The largest absolute Gasteiger partial charge is 0.412 e. The van der Waals surface area contributed by atoms with Crippen molar-refractivity contribution in [3.05, 3.63) is 35.5 Å². The second kappa shape index (κ2) is 6.79. The summed E-state index contributed by atoms with van der Waals surface area (Å²) in [5.41, 5.74) is 0.551. The van der Waals surface area contributed by atoms with E-state index in [2.05, 4.69) is 12.2 Å². The number of hydrogen-bond donors (Lipinski definition) is 1. The maximum atomic E-state index is 12.6. The second-order valence-corrected chi connectivity index (χ2v) is 5.88. The average Bonchev–Trinajstić information content (AvgIpc) is 2.64. The molecule has 1 heterocycles. The van der Waals surface area contributed by atoms with Crippen LogP contribution in [0.4, 0.5) is 13.2 Å². The zero-order valence-electron chi connectivity index (χ0n) is 12.3. The molecular weight excluding hydrogens is 279 g/mol. The highest BCUT2D eigenvalue weighted by atomic mass is 19.4. The summed E-state index contributed by atoms with van der Waals surface area (Å²) in [7, 11) is 0. The fourth-order valence-corrected chi connectivity index (χ4v) is 2.57. The van der Waals surface area contributed by atoms with Gasteiger partial charge in [0.2, 0.25) is 0 Å². The van der Waals surface area contributed by atoms with Gasteiger partial charge in [0.1, 0.15) is 0 Å². The van der Waals surface area contributed by atoms with Crippen molar-refractivity contribution in [3.63, 3.8) is 0 Å². The maximum Gasteiger partial charge on any atom is 0.412 e. The highest BCUT2D eigenvalue weighted by Crippen LogP contribution is 2.30. The second-order valence-electron chi connectivity index (χ2n) is 5.88. The van der Waals surface area contributed by atoms with Crippen molar-refractivity contribution in [2.45, 2.75) is 44.3 Å². The van der Waals surface area contributed by atoms with Gasteiger partial charge >= 0.3 is 6.18 Å². The van der Waals surface area contributed by atoms with Crippen LogP contribution in [-0.4, -0.2) is 31.5 Å². The molecule has 0 aromatic heterocycles. The minimum absolute atomic E-state index is 0.0447. The third-order valence-electron chi connectivity index (χ3n) is 4.12. The summed E-state index contributed by atoms with van der Waals surface area (Å²) in [6.45, 7) is 4.49. The Balaban J connectivity index is 1.81. The van der Waals surface area contributed by atoms with Crippen LogP contribution in [0.3, 0.4) is 0 Å². The lowest BCUT2D eigenvalue weighted by molar-refractivity contribution is -0.0928. The zero-order chi connectivity index (χ0) is 15.3. The summed E-state index contributed by atoms with van der Waals surface area (Å²) in [5.74, 6) is 0. The van der Waals surface area contributed by atoms with Crippen molar-refractivity contribution in [1.29, 1.82) is 0 Å². The average molecular weight is 301 g/mol. The van der Waals surface area contributed by atoms with E-state index >= 15 is 0 Å². The fraction of sp³-hybridized carbons (Fsp3) is 0.625. The van der Waals surface area contributed by atoms with E-state index in [0.29, 0.717) is 0 Å². The number of allylic oxidation sites excluding steroid dienone is 5. The lowest BCUT2D eigenvalue weighted by atomic mass is 9.92. The number of rotatable bonds is 4. The van der Waals surface area contributed by atoms with Crippen molar-refractivity contribution in [3.8, 4) is 0 Å². The number of nitrogens with one attached hydrogen (secondary N) is 1. The zero-order valence-corrected chi connectivity index (χ0v) is 12.3. The first-order chi connectivity index (χ1) is 9.89. The number of halogens is 3. The Bertz CT molecular complexity index is 443. The molecule has 118 valence electrons. The molecule has 0 bridgehead atoms.